The van der Waals surface area contributed by atoms with Crippen LogP contribution in [0.2, 0.25) is 5.02 Å². The molecule has 2 rings (SSSR count). The highest BCUT2D eigenvalue weighted by molar-refractivity contribution is 6.30. The van der Waals surface area contributed by atoms with Crippen molar-refractivity contribution in [2.24, 2.45) is 0 Å². The Balaban J connectivity index is 2.08. The Hall–Kier alpha value is -2.87. The molecule has 1 aromatic rings. The van der Waals surface area contributed by atoms with Crippen molar-refractivity contribution in [3.63, 3.8) is 0 Å². The van der Waals surface area contributed by atoms with Crippen LogP contribution in [0.15, 0.2) is 36.9 Å². The molecule has 132 valence electrons. The lowest BCUT2D eigenvalue weighted by molar-refractivity contribution is -0.134. The van der Waals surface area contributed by atoms with Crippen molar-refractivity contribution >= 4 is 35.5 Å². The summed E-state index contributed by atoms with van der Waals surface area (Å²) >= 11 is 5.83. The lowest BCUT2D eigenvalue weighted by atomic mass is 9.92. The molecule has 1 atom stereocenters. The quantitative estimate of drug-likeness (QED) is 0.537. The molecule has 0 unspecified atom stereocenters. The summed E-state index contributed by atoms with van der Waals surface area (Å²) in [6, 6.07) is 4.98. The summed E-state index contributed by atoms with van der Waals surface area (Å²) < 4.78 is 0. The summed E-state index contributed by atoms with van der Waals surface area (Å²) in [5.41, 5.74) is -0.783. The van der Waals surface area contributed by atoms with Crippen LogP contribution in [0.1, 0.15) is 12.5 Å². The van der Waals surface area contributed by atoms with E-state index in [4.69, 9.17) is 11.6 Å². The van der Waals surface area contributed by atoms with Crippen molar-refractivity contribution in [1.82, 2.24) is 20.9 Å². The number of nitrogens with one attached hydrogen (secondary N) is 3. The van der Waals surface area contributed by atoms with Crippen molar-refractivity contribution in [1.29, 1.82) is 0 Å². The number of hydrogen-bond acceptors (Lipinski definition) is 4. The van der Waals surface area contributed by atoms with Gasteiger partial charge >= 0.3 is 12.1 Å². The zero-order valence-corrected chi connectivity index (χ0v) is 14.2. The zero-order chi connectivity index (χ0) is 18.6. The van der Waals surface area contributed by atoms with Gasteiger partial charge in [-0.2, -0.15) is 0 Å². The van der Waals surface area contributed by atoms with Crippen LogP contribution in [0.4, 0.5) is 9.59 Å². The lowest BCUT2D eigenvalue weighted by Gasteiger charge is -2.22. The molecule has 3 N–H and O–H groups in total. The van der Waals surface area contributed by atoms with Crippen LogP contribution < -0.4 is 16.0 Å². The summed E-state index contributed by atoms with van der Waals surface area (Å²) in [7, 11) is 0. The SMILES string of the molecule is C=CCNC(=O)NC(=O)CN1C(=O)N[C@@](C)(c2ccc(Cl)cc2)C1=O. The average molecular weight is 365 g/mol. The van der Waals surface area contributed by atoms with Crippen LogP contribution >= 0.6 is 11.6 Å². The molecule has 6 amide bonds. The summed E-state index contributed by atoms with van der Waals surface area (Å²) in [5.74, 6) is -1.38. The predicted molar refractivity (Wildman–Crippen MR) is 90.8 cm³/mol. The number of carbonyl (C=O) groups excluding carboxylic acids is 4. The van der Waals surface area contributed by atoms with Gasteiger partial charge in [-0.05, 0) is 24.6 Å². The predicted octanol–water partition coefficient (Wildman–Crippen LogP) is 1.12. The number of benzene rings is 1. The first-order chi connectivity index (χ1) is 11.8. The third-order valence-electron chi connectivity index (χ3n) is 3.66. The molecule has 1 aliphatic heterocycles. The Kier molecular flexibility index (Phi) is 5.43. The molecule has 1 fully saturated rings. The van der Waals surface area contributed by atoms with Gasteiger partial charge in [0.1, 0.15) is 12.1 Å². The average Bonchev–Trinajstić information content (AvgIpc) is 2.77. The van der Waals surface area contributed by atoms with E-state index in [2.05, 4.69) is 17.2 Å². The second kappa shape index (κ2) is 7.35. The molecule has 1 aliphatic rings. The lowest BCUT2D eigenvalue weighted by Crippen LogP contribution is -2.46. The van der Waals surface area contributed by atoms with Gasteiger partial charge in [0.2, 0.25) is 5.91 Å². The number of rotatable bonds is 5. The summed E-state index contributed by atoms with van der Waals surface area (Å²) in [4.78, 5) is 48.8. The monoisotopic (exact) mass is 364 g/mol. The van der Waals surface area contributed by atoms with Gasteiger partial charge in [-0.15, -0.1) is 6.58 Å². The van der Waals surface area contributed by atoms with E-state index in [0.29, 0.717) is 10.6 Å². The summed E-state index contributed by atoms with van der Waals surface area (Å²) in [5, 5.41) is 7.43. The molecular formula is C16H17ClN4O4. The van der Waals surface area contributed by atoms with Crippen molar-refractivity contribution in [2.75, 3.05) is 13.1 Å². The topological polar surface area (TPSA) is 108 Å². The molecule has 0 radical (unpaired) electrons. The van der Waals surface area contributed by atoms with E-state index in [1.54, 1.807) is 24.3 Å². The van der Waals surface area contributed by atoms with Gasteiger partial charge in [0.25, 0.3) is 5.91 Å². The van der Waals surface area contributed by atoms with Crippen molar-refractivity contribution in [2.45, 2.75) is 12.5 Å². The second-order valence-electron chi connectivity index (χ2n) is 5.50. The van der Waals surface area contributed by atoms with Crippen LogP contribution in [-0.4, -0.2) is 41.9 Å². The number of imide groups is 2. The largest absolute Gasteiger partial charge is 0.334 e. The van der Waals surface area contributed by atoms with Crippen LogP contribution in [0, 0.1) is 0 Å². The molecule has 1 heterocycles. The maximum atomic E-state index is 12.6. The van der Waals surface area contributed by atoms with Gasteiger partial charge in [-0.1, -0.05) is 29.8 Å². The molecule has 9 heteroatoms. The summed E-state index contributed by atoms with van der Waals surface area (Å²) in [6.07, 6.45) is 1.44. The molecule has 0 saturated carbocycles. The molecule has 1 saturated heterocycles. The number of urea groups is 2. The van der Waals surface area contributed by atoms with Crippen LogP contribution in [0.25, 0.3) is 0 Å². The van der Waals surface area contributed by atoms with E-state index in [1.165, 1.54) is 13.0 Å². The first-order valence-electron chi connectivity index (χ1n) is 7.36. The first-order valence-corrected chi connectivity index (χ1v) is 7.74. The highest BCUT2D eigenvalue weighted by atomic mass is 35.5. The number of halogens is 1. The molecule has 25 heavy (non-hydrogen) atoms. The molecule has 0 aliphatic carbocycles. The van der Waals surface area contributed by atoms with Gasteiger partial charge in [-0.3, -0.25) is 19.8 Å². The van der Waals surface area contributed by atoms with Crippen LogP contribution in [-0.2, 0) is 15.1 Å². The third kappa shape index (κ3) is 3.97. The van der Waals surface area contributed by atoms with E-state index in [-0.39, 0.29) is 6.54 Å². The smallest absolute Gasteiger partial charge is 0.325 e. The normalized spacial score (nSPS) is 19.4. The van der Waals surface area contributed by atoms with E-state index in [9.17, 15) is 19.2 Å². The minimum absolute atomic E-state index is 0.177. The minimum atomic E-state index is -1.31. The maximum Gasteiger partial charge on any atom is 0.325 e. The molecule has 0 aromatic heterocycles. The Morgan fingerprint density at radius 1 is 1.32 bits per heavy atom. The molecular weight excluding hydrogens is 348 g/mol. The van der Waals surface area contributed by atoms with E-state index in [1.807, 2.05) is 5.32 Å². The van der Waals surface area contributed by atoms with Crippen LogP contribution in [0.3, 0.4) is 0 Å². The van der Waals surface area contributed by atoms with Crippen molar-refractivity contribution in [3.05, 3.63) is 47.5 Å². The Bertz CT molecular complexity index is 734. The number of hydrogen-bond donors (Lipinski definition) is 3. The van der Waals surface area contributed by atoms with Crippen molar-refractivity contribution < 1.29 is 19.2 Å². The number of amides is 6. The highest BCUT2D eigenvalue weighted by Gasteiger charge is 2.49. The fourth-order valence-electron chi connectivity index (χ4n) is 2.34. The fourth-order valence-corrected chi connectivity index (χ4v) is 2.46. The maximum absolute atomic E-state index is 12.6. The molecule has 0 bridgehead atoms. The van der Waals surface area contributed by atoms with E-state index >= 15 is 0 Å². The Morgan fingerprint density at radius 3 is 2.56 bits per heavy atom. The fraction of sp³-hybridized carbons (Fsp3) is 0.250. The highest BCUT2D eigenvalue weighted by Crippen LogP contribution is 2.29. The Morgan fingerprint density at radius 2 is 1.96 bits per heavy atom. The third-order valence-corrected chi connectivity index (χ3v) is 3.91. The van der Waals surface area contributed by atoms with Gasteiger partial charge in [-0.25, -0.2) is 9.59 Å². The van der Waals surface area contributed by atoms with Crippen LogP contribution in [0.5, 0.6) is 0 Å². The molecule has 1 aromatic carbocycles. The van der Waals surface area contributed by atoms with Gasteiger partial charge in [0.05, 0.1) is 0 Å². The molecule has 0 spiro atoms. The van der Waals surface area contributed by atoms with Gasteiger partial charge < -0.3 is 10.6 Å². The standard InChI is InChI=1S/C16H17ClN4O4/c1-3-8-18-14(24)19-12(22)9-21-13(23)16(2,20-15(21)25)10-4-6-11(17)7-5-10/h3-7H,1,8-9H2,2H3,(H,20,25)(H2,18,19,22,24)/t16-/m0/s1. The van der Waals surface area contributed by atoms with Crippen molar-refractivity contribution in [3.8, 4) is 0 Å². The van der Waals surface area contributed by atoms with Gasteiger partial charge in [0, 0.05) is 11.6 Å². The minimum Gasteiger partial charge on any atom is -0.334 e. The van der Waals surface area contributed by atoms with Gasteiger partial charge in [0.15, 0.2) is 0 Å². The first kappa shape index (κ1) is 18.5. The summed E-state index contributed by atoms with van der Waals surface area (Å²) in [6.45, 7) is 4.56. The second-order valence-corrected chi connectivity index (χ2v) is 5.94. The Labute approximate surface area is 149 Å². The molecule has 8 nitrogen and oxygen atoms in total. The number of carbonyl (C=O) groups is 4. The zero-order valence-electron chi connectivity index (χ0n) is 13.5. The van der Waals surface area contributed by atoms with E-state index in [0.717, 1.165) is 4.90 Å². The van der Waals surface area contributed by atoms with E-state index < -0.39 is 36.0 Å². The number of nitrogens with zero attached hydrogens (tertiary/aromatic N) is 1.